The molecule has 1 aliphatic heterocycles. The van der Waals surface area contributed by atoms with Crippen molar-refractivity contribution < 1.29 is 23.1 Å². The number of fused-ring (bicyclic) bond motifs is 1. The van der Waals surface area contributed by atoms with Crippen LogP contribution in [-0.2, 0) is 12.6 Å². The van der Waals surface area contributed by atoms with Crippen LogP contribution in [0, 0.1) is 0 Å². The van der Waals surface area contributed by atoms with Gasteiger partial charge in [-0.1, -0.05) is 24.3 Å². The average molecular weight is 321 g/mol. The summed E-state index contributed by atoms with van der Waals surface area (Å²) in [6.45, 7) is 0. The predicted molar refractivity (Wildman–Crippen MR) is 79.7 cm³/mol. The van der Waals surface area contributed by atoms with Gasteiger partial charge in [0.1, 0.15) is 0 Å². The number of likely N-dealkylation sites (N-methyl/N-ethyl adjacent to an activating group) is 1. The maximum atomic E-state index is 12.7. The molecular weight excluding hydrogens is 307 g/mol. The van der Waals surface area contributed by atoms with Gasteiger partial charge in [-0.3, -0.25) is 0 Å². The topological polar surface area (TPSA) is 40.5 Å². The summed E-state index contributed by atoms with van der Waals surface area (Å²) in [6.07, 6.45) is -3.79. The highest BCUT2D eigenvalue weighted by molar-refractivity contribution is 5.96. The Labute approximate surface area is 131 Å². The van der Waals surface area contributed by atoms with Gasteiger partial charge in [-0.05, 0) is 35.7 Å². The lowest BCUT2D eigenvalue weighted by Crippen LogP contribution is -2.21. The van der Waals surface area contributed by atoms with Gasteiger partial charge in [0.15, 0.2) is 0 Å². The Morgan fingerprint density at radius 1 is 1.17 bits per heavy atom. The number of rotatable bonds is 2. The zero-order chi connectivity index (χ0) is 16.8. The van der Waals surface area contributed by atoms with E-state index in [0.717, 1.165) is 23.3 Å². The second-order valence-corrected chi connectivity index (χ2v) is 5.57. The van der Waals surface area contributed by atoms with Crippen LogP contribution in [0.4, 0.5) is 18.9 Å². The highest BCUT2D eigenvalue weighted by Gasteiger charge is 2.33. The third-order valence-corrected chi connectivity index (χ3v) is 4.21. The molecule has 6 heteroatoms. The first-order valence-corrected chi connectivity index (χ1v) is 7.04. The van der Waals surface area contributed by atoms with Crippen molar-refractivity contribution in [3.05, 3.63) is 64.7 Å². The Morgan fingerprint density at radius 2 is 1.83 bits per heavy atom. The molecule has 3 rings (SSSR count). The molecule has 1 atom stereocenters. The third kappa shape index (κ3) is 2.65. The Hall–Kier alpha value is -2.50. The van der Waals surface area contributed by atoms with E-state index in [1.807, 2.05) is 11.0 Å². The van der Waals surface area contributed by atoms with Gasteiger partial charge in [-0.15, -0.1) is 0 Å². The number of anilines is 1. The van der Waals surface area contributed by atoms with Crippen molar-refractivity contribution in [2.45, 2.75) is 18.6 Å². The molecule has 1 heterocycles. The van der Waals surface area contributed by atoms with Crippen LogP contribution in [0.15, 0.2) is 42.5 Å². The lowest BCUT2D eigenvalue weighted by atomic mass is 10.0. The average Bonchev–Trinajstić information content (AvgIpc) is 2.84. The molecule has 1 unspecified atom stereocenters. The lowest BCUT2D eigenvalue weighted by molar-refractivity contribution is -0.137. The van der Waals surface area contributed by atoms with Gasteiger partial charge in [0, 0.05) is 7.05 Å². The van der Waals surface area contributed by atoms with E-state index in [1.165, 1.54) is 18.2 Å². The number of aromatic carboxylic acids is 1. The van der Waals surface area contributed by atoms with Crippen LogP contribution in [0.25, 0.3) is 0 Å². The van der Waals surface area contributed by atoms with E-state index in [2.05, 4.69) is 0 Å². The summed E-state index contributed by atoms with van der Waals surface area (Å²) < 4.78 is 38.0. The van der Waals surface area contributed by atoms with Gasteiger partial charge < -0.3 is 10.0 Å². The van der Waals surface area contributed by atoms with E-state index >= 15 is 0 Å². The van der Waals surface area contributed by atoms with E-state index in [1.54, 1.807) is 13.1 Å². The lowest BCUT2D eigenvalue weighted by Gasteiger charge is -2.24. The van der Waals surface area contributed by atoms with Crippen molar-refractivity contribution in [2.75, 3.05) is 11.9 Å². The molecule has 2 aromatic rings. The Bertz CT molecular complexity index is 753. The van der Waals surface area contributed by atoms with E-state index in [-0.39, 0.29) is 11.6 Å². The van der Waals surface area contributed by atoms with Crippen LogP contribution >= 0.6 is 0 Å². The number of nitrogens with zero attached hydrogens (tertiary/aromatic N) is 1. The summed E-state index contributed by atoms with van der Waals surface area (Å²) in [5.74, 6) is -1.01. The summed E-state index contributed by atoms with van der Waals surface area (Å²) in [4.78, 5) is 13.2. The first-order valence-electron chi connectivity index (χ1n) is 7.04. The van der Waals surface area contributed by atoms with Crippen LogP contribution in [0.2, 0.25) is 0 Å². The molecule has 0 aliphatic carbocycles. The molecule has 0 saturated heterocycles. The van der Waals surface area contributed by atoms with Crippen LogP contribution in [0.1, 0.15) is 33.1 Å². The van der Waals surface area contributed by atoms with Crippen molar-refractivity contribution in [1.29, 1.82) is 0 Å². The zero-order valence-electron chi connectivity index (χ0n) is 12.3. The van der Waals surface area contributed by atoms with Crippen molar-refractivity contribution in [3.63, 3.8) is 0 Å². The molecule has 2 aromatic carbocycles. The largest absolute Gasteiger partial charge is 0.478 e. The molecule has 0 amide bonds. The number of alkyl halides is 3. The highest BCUT2D eigenvalue weighted by Crippen LogP contribution is 2.41. The smallest absolute Gasteiger partial charge is 0.416 e. The fourth-order valence-corrected chi connectivity index (χ4v) is 3.08. The first kappa shape index (κ1) is 15.4. The van der Waals surface area contributed by atoms with Gasteiger partial charge in [0.2, 0.25) is 0 Å². The molecule has 0 bridgehead atoms. The minimum Gasteiger partial charge on any atom is -0.478 e. The monoisotopic (exact) mass is 321 g/mol. The maximum Gasteiger partial charge on any atom is 0.416 e. The van der Waals surface area contributed by atoms with Gasteiger partial charge >= 0.3 is 12.1 Å². The second-order valence-electron chi connectivity index (χ2n) is 5.57. The number of benzene rings is 2. The van der Waals surface area contributed by atoms with E-state index in [0.29, 0.717) is 12.1 Å². The summed E-state index contributed by atoms with van der Waals surface area (Å²) >= 11 is 0. The van der Waals surface area contributed by atoms with Crippen molar-refractivity contribution in [2.24, 2.45) is 0 Å². The van der Waals surface area contributed by atoms with Gasteiger partial charge in [0.25, 0.3) is 0 Å². The number of hydrogen-bond acceptors (Lipinski definition) is 2. The summed E-state index contributed by atoms with van der Waals surface area (Å²) in [5, 5.41) is 9.30. The molecule has 3 nitrogen and oxygen atoms in total. The number of hydrogen-bond donors (Lipinski definition) is 1. The number of halogens is 3. The molecule has 120 valence electrons. The number of carboxylic acids is 1. The summed E-state index contributed by atoms with van der Waals surface area (Å²) in [7, 11) is 1.76. The van der Waals surface area contributed by atoms with Crippen LogP contribution in [0.5, 0.6) is 0 Å². The normalized spacial score (nSPS) is 17.2. The minimum absolute atomic E-state index is 0.173. The second kappa shape index (κ2) is 5.30. The Morgan fingerprint density at radius 3 is 2.39 bits per heavy atom. The molecule has 23 heavy (non-hydrogen) atoms. The Kier molecular flexibility index (Phi) is 3.55. The molecular formula is C17H14F3NO2. The van der Waals surface area contributed by atoms with Gasteiger partial charge in [-0.2, -0.15) is 13.2 Å². The van der Waals surface area contributed by atoms with Crippen LogP contribution in [0.3, 0.4) is 0 Å². The zero-order valence-corrected chi connectivity index (χ0v) is 12.3. The molecule has 1 N–H and O–H groups in total. The molecule has 0 fully saturated rings. The first-order chi connectivity index (χ1) is 10.8. The van der Waals surface area contributed by atoms with Crippen molar-refractivity contribution in [3.8, 4) is 0 Å². The fourth-order valence-electron chi connectivity index (χ4n) is 3.08. The van der Waals surface area contributed by atoms with E-state index < -0.39 is 17.7 Å². The van der Waals surface area contributed by atoms with Crippen molar-refractivity contribution in [1.82, 2.24) is 0 Å². The summed E-state index contributed by atoms with van der Waals surface area (Å²) in [6, 6.07) is 9.93. The SMILES string of the molecule is CN1c2c(cccc2C(=O)O)CC1c1ccc(C(F)(F)F)cc1. The fraction of sp³-hybridized carbons (Fsp3) is 0.235. The number of para-hydroxylation sites is 1. The van der Waals surface area contributed by atoms with Crippen LogP contribution in [-0.4, -0.2) is 18.1 Å². The van der Waals surface area contributed by atoms with Crippen molar-refractivity contribution >= 4 is 11.7 Å². The maximum absolute atomic E-state index is 12.7. The molecule has 1 aliphatic rings. The third-order valence-electron chi connectivity index (χ3n) is 4.21. The minimum atomic E-state index is -4.36. The molecule has 0 saturated carbocycles. The molecule has 0 aromatic heterocycles. The summed E-state index contributed by atoms with van der Waals surface area (Å²) in [5.41, 5.74) is 1.76. The Balaban J connectivity index is 1.95. The highest BCUT2D eigenvalue weighted by atomic mass is 19.4. The number of carboxylic acid groups (broad SMARTS) is 1. The quantitative estimate of drug-likeness (QED) is 0.904. The van der Waals surface area contributed by atoms with Gasteiger partial charge in [-0.25, -0.2) is 4.79 Å². The standard InChI is InChI=1S/C17H14F3NO2/c1-21-14(10-5-7-12(8-6-10)17(18,19)20)9-11-3-2-4-13(15(11)21)16(22)23/h2-8,14H,9H2,1H3,(H,22,23). The van der Waals surface area contributed by atoms with Gasteiger partial charge in [0.05, 0.1) is 22.9 Å². The number of carbonyl (C=O) groups is 1. The van der Waals surface area contributed by atoms with E-state index in [4.69, 9.17) is 0 Å². The van der Waals surface area contributed by atoms with E-state index in [9.17, 15) is 23.1 Å². The molecule has 0 spiro atoms. The molecule has 0 radical (unpaired) electrons. The predicted octanol–water partition coefficient (Wildman–Crippen LogP) is 4.14. The van der Waals surface area contributed by atoms with Crippen LogP contribution < -0.4 is 4.90 Å².